The largest absolute Gasteiger partial charge is 0.494 e. The molecule has 0 bridgehead atoms. The summed E-state index contributed by atoms with van der Waals surface area (Å²) in [5.74, 6) is 1.17. The molecule has 0 spiro atoms. The fourth-order valence-corrected chi connectivity index (χ4v) is 4.90. The molecule has 10 heteroatoms. The summed E-state index contributed by atoms with van der Waals surface area (Å²) in [4.78, 5) is 13.0. The number of nitrogens with zero attached hydrogens (tertiary/aromatic N) is 1. The van der Waals surface area contributed by atoms with Gasteiger partial charge in [-0.2, -0.15) is 0 Å². The van der Waals surface area contributed by atoms with E-state index in [4.69, 9.17) is 18.9 Å². The van der Waals surface area contributed by atoms with Crippen molar-refractivity contribution in [3.63, 3.8) is 0 Å². The number of hydrogen-bond donors (Lipinski definition) is 1. The molecule has 0 atom stereocenters. The molecule has 3 rings (SSSR count). The van der Waals surface area contributed by atoms with Gasteiger partial charge in [0.25, 0.3) is 10.0 Å². The second-order valence-electron chi connectivity index (χ2n) is 7.43. The Morgan fingerprint density at radius 2 is 1.50 bits per heavy atom. The van der Waals surface area contributed by atoms with Crippen LogP contribution in [0.3, 0.4) is 0 Å². The first kappa shape index (κ1) is 26.7. The van der Waals surface area contributed by atoms with Crippen molar-refractivity contribution in [1.82, 2.24) is 0 Å². The predicted octanol–water partition coefficient (Wildman–Crippen LogP) is 4.34. The Morgan fingerprint density at radius 1 is 0.833 bits per heavy atom. The van der Waals surface area contributed by atoms with Crippen LogP contribution in [0.1, 0.15) is 13.8 Å². The Balaban J connectivity index is 1.99. The Morgan fingerprint density at radius 3 is 2.14 bits per heavy atom. The summed E-state index contributed by atoms with van der Waals surface area (Å²) in [5, 5.41) is 2.75. The number of anilines is 2. The Bertz CT molecular complexity index is 1280. The average molecular weight is 515 g/mol. The molecule has 0 unspecified atom stereocenters. The SMILES string of the molecule is CCOc1ccc(N(CC(=O)Nc2ccccc2OCC)S(=O)(=O)c2ccc(OC)c(OC)c2)cc1. The molecule has 0 aliphatic heterocycles. The fourth-order valence-electron chi connectivity index (χ4n) is 3.47. The normalized spacial score (nSPS) is 10.9. The Labute approximate surface area is 211 Å². The standard InChI is InChI=1S/C26H30N2O7S/c1-5-34-20-13-11-19(12-14-20)28(18-26(29)27-22-9-7-8-10-23(22)35-6-2)36(30,31)21-15-16-24(32-3)25(17-21)33-4/h7-17H,5-6,18H2,1-4H3,(H,27,29). The van der Waals surface area contributed by atoms with E-state index in [9.17, 15) is 13.2 Å². The summed E-state index contributed by atoms with van der Waals surface area (Å²) in [7, 11) is -1.30. The third-order valence-corrected chi connectivity index (χ3v) is 6.90. The topological polar surface area (TPSA) is 103 Å². The molecular weight excluding hydrogens is 484 g/mol. The number of sulfonamides is 1. The third-order valence-electron chi connectivity index (χ3n) is 5.13. The maximum absolute atomic E-state index is 13.8. The monoisotopic (exact) mass is 514 g/mol. The van der Waals surface area contributed by atoms with Gasteiger partial charge in [-0.15, -0.1) is 0 Å². The molecule has 0 saturated carbocycles. The summed E-state index contributed by atoms with van der Waals surface area (Å²) in [6.07, 6.45) is 0. The number of carbonyl (C=O) groups is 1. The van der Waals surface area contributed by atoms with Gasteiger partial charge in [0.05, 0.1) is 43.7 Å². The van der Waals surface area contributed by atoms with Crippen LogP contribution in [0.15, 0.2) is 71.6 Å². The first-order chi connectivity index (χ1) is 17.3. The molecule has 0 fully saturated rings. The maximum atomic E-state index is 13.8. The van der Waals surface area contributed by atoms with Gasteiger partial charge in [-0.25, -0.2) is 8.42 Å². The number of methoxy groups -OCH3 is 2. The van der Waals surface area contributed by atoms with E-state index in [1.165, 1.54) is 32.4 Å². The minimum Gasteiger partial charge on any atom is -0.494 e. The molecule has 0 aliphatic rings. The minimum absolute atomic E-state index is 0.0587. The number of amides is 1. The lowest BCUT2D eigenvalue weighted by Gasteiger charge is -2.25. The summed E-state index contributed by atoms with van der Waals surface area (Å²) < 4.78 is 50.1. The van der Waals surface area contributed by atoms with Crippen LogP contribution in [0.2, 0.25) is 0 Å². The average Bonchev–Trinajstić information content (AvgIpc) is 2.88. The maximum Gasteiger partial charge on any atom is 0.264 e. The van der Waals surface area contributed by atoms with Crippen LogP contribution in [-0.4, -0.2) is 48.3 Å². The lowest BCUT2D eigenvalue weighted by atomic mass is 10.3. The van der Waals surface area contributed by atoms with Crippen molar-refractivity contribution in [3.8, 4) is 23.0 Å². The zero-order valence-electron chi connectivity index (χ0n) is 20.7. The van der Waals surface area contributed by atoms with Crippen molar-refractivity contribution in [2.24, 2.45) is 0 Å². The van der Waals surface area contributed by atoms with Gasteiger partial charge in [0.15, 0.2) is 11.5 Å². The quantitative estimate of drug-likeness (QED) is 0.384. The molecule has 9 nitrogen and oxygen atoms in total. The van der Waals surface area contributed by atoms with Crippen LogP contribution in [0.5, 0.6) is 23.0 Å². The zero-order chi connectivity index (χ0) is 26.1. The molecule has 3 aromatic carbocycles. The van der Waals surface area contributed by atoms with Crippen LogP contribution in [0.25, 0.3) is 0 Å². The number of nitrogens with one attached hydrogen (secondary N) is 1. The van der Waals surface area contributed by atoms with Gasteiger partial charge in [0.1, 0.15) is 18.0 Å². The van der Waals surface area contributed by atoms with Crippen molar-refractivity contribution >= 4 is 27.3 Å². The number of hydrogen-bond acceptors (Lipinski definition) is 7. The molecular formula is C26H30N2O7S. The smallest absolute Gasteiger partial charge is 0.264 e. The van der Waals surface area contributed by atoms with Crippen LogP contribution >= 0.6 is 0 Å². The second-order valence-corrected chi connectivity index (χ2v) is 9.30. The van der Waals surface area contributed by atoms with Crippen LogP contribution in [-0.2, 0) is 14.8 Å². The predicted molar refractivity (Wildman–Crippen MR) is 138 cm³/mol. The number of ether oxygens (including phenoxy) is 4. The number of carbonyl (C=O) groups excluding carboxylic acids is 1. The van der Waals surface area contributed by atoms with E-state index in [-0.39, 0.29) is 10.6 Å². The third kappa shape index (κ3) is 6.19. The van der Waals surface area contributed by atoms with Gasteiger partial charge in [-0.05, 0) is 62.4 Å². The van der Waals surface area contributed by atoms with E-state index >= 15 is 0 Å². The number of rotatable bonds is 12. The van der Waals surface area contributed by atoms with Gasteiger partial charge in [0.2, 0.25) is 5.91 Å². The van der Waals surface area contributed by atoms with Gasteiger partial charge in [0, 0.05) is 6.07 Å². The molecule has 0 saturated heterocycles. The van der Waals surface area contributed by atoms with Crippen molar-refractivity contribution < 1.29 is 32.2 Å². The molecule has 1 amide bonds. The van der Waals surface area contributed by atoms with Crippen LogP contribution in [0, 0.1) is 0 Å². The summed E-state index contributed by atoms with van der Waals surface area (Å²) in [6.45, 7) is 4.09. The Hall–Kier alpha value is -3.92. The van der Waals surface area contributed by atoms with E-state index in [0.717, 1.165) is 4.31 Å². The van der Waals surface area contributed by atoms with E-state index in [1.54, 1.807) is 48.5 Å². The molecule has 36 heavy (non-hydrogen) atoms. The first-order valence-corrected chi connectivity index (χ1v) is 12.8. The van der Waals surface area contributed by atoms with Crippen LogP contribution < -0.4 is 28.6 Å². The highest BCUT2D eigenvalue weighted by atomic mass is 32.2. The van der Waals surface area contributed by atoms with Crippen molar-refractivity contribution in [3.05, 3.63) is 66.7 Å². The molecule has 1 N–H and O–H groups in total. The molecule has 0 aromatic heterocycles. The fraction of sp³-hybridized carbons (Fsp3) is 0.269. The highest BCUT2D eigenvalue weighted by Crippen LogP contribution is 2.33. The summed E-state index contributed by atoms with van der Waals surface area (Å²) in [6, 6.07) is 17.7. The molecule has 0 heterocycles. The van der Waals surface area contributed by atoms with Crippen molar-refractivity contribution in [2.75, 3.05) is 43.6 Å². The van der Waals surface area contributed by atoms with E-state index in [1.807, 2.05) is 13.8 Å². The molecule has 3 aromatic rings. The minimum atomic E-state index is -4.18. The highest BCUT2D eigenvalue weighted by molar-refractivity contribution is 7.92. The van der Waals surface area contributed by atoms with E-state index in [0.29, 0.717) is 41.8 Å². The summed E-state index contributed by atoms with van der Waals surface area (Å²) >= 11 is 0. The van der Waals surface area contributed by atoms with E-state index in [2.05, 4.69) is 5.32 Å². The number of para-hydroxylation sites is 2. The lowest BCUT2D eigenvalue weighted by molar-refractivity contribution is -0.114. The second kappa shape index (κ2) is 12.2. The first-order valence-electron chi connectivity index (χ1n) is 11.3. The molecule has 0 radical (unpaired) electrons. The van der Waals surface area contributed by atoms with Gasteiger partial charge in [-0.1, -0.05) is 12.1 Å². The molecule has 0 aliphatic carbocycles. The van der Waals surface area contributed by atoms with Gasteiger partial charge >= 0.3 is 0 Å². The van der Waals surface area contributed by atoms with Crippen molar-refractivity contribution in [2.45, 2.75) is 18.7 Å². The zero-order valence-corrected chi connectivity index (χ0v) is 21.5. The lowest BCUT2D eigenvalue weighted by Crippen LogP contribution is -2.38. The number of benzene rings is 3. The highest BCUT2D eigenvalue weighted by Gasteiger charge is 2.29. The van der Waals surface area contributed by atoms with Gasteiger partial charge in [-0.3, -0.25) is 9.10 Å². The summed E-state index contributed by atoms with van der Waals surface area (Å²) in [5.41, 5.74) is 0.737. The van der Waals surface area contributed by atoms with E-state index < -0.39 is 22.5 Å². The van der Waals surface area contributed by atoms with Crippen molar-refractivity contribution in [1.29, 1.82) is 0 Å². The Kier molecular flexibility index (Phi) is 9.02. The van der Waals surface area contributed by atoms with Gasteiger partial charge < -0.3 is 24.3 Å². The molecule has 192 valence electrons. The van der Waals surface area contributed by atoms with Crippen LogP contribution in [0.4, 0.5) is 11.4 Å².